The summed E-state index contributed by atoms with van der Waals surface area (Å²) in [5.74, 6) is 0. The van der Waals surface area contributed by atoms with Crippen molar-refractivity contribution < 1.29 is 0 Å². The van der Waals surface area contributed by atoms with Gasteiger partial charge in [0.2, 0.25) is 0 Å². The summed E-state index contributed by atoms with van der Waals surface area (Å²) in [5.41, 5.74) is 7.91. The number of benzene rings is 7. The number of H-pyrrole nitrogens is 1. The number of hydrogen-bond donors (Lipinski definition) is 1. The van der Waals surface area contributed by atoms with Crippen LogP contribution < -0.4 is 0 Å². The highest BCUT2D eigenvalue weighted by Crippen LogP contribution is 2.57. The van der Waals surface area contributed by atoms with Gasteiger partial charge in [-0.3, -0.25) is 0 Å². The van der Waals surface area contributed by atoms with E-state index >= 15 is 0 Å². The molecule has 0 unspecified atom stereocenters. The van der Waals surface area contributed by atoms with Crippen molar-refractivity contribution in [1.82, 2.24) is 4.98 Å². The first-order chi connectivity index (χ1) is 18.6. The van der Waals surface area contributed by atoms with E-state index in [0.717, 1.165) is 0 Å². The number of nitrogens with one attached hydrogen (secondary N) is 1. The monoisotopic (exact) mass is 483 g/mol. The number of para-hydroxylation sites is 1. The number of fused-ring (bicyclic) bond motifs is 16. The first kappa shape index (κ1) is 20.4. The zero-order valence-corrected chi connectivity index (χ0v) is 21.4. The molecule has 1 aromatic heterocycles. The molecule has 0 saturated heterocycles. The molecule has 0 aliphatic heterocycles. The molecular weight excluding hydrogens is 458 g/mol. The van der Waals surface area contributed by atoms with Crippen LogP contribution in [0.2, 0.25) is 0 Å². The summed E-state index contributed by atoms with van der Waals surface area (Å²) in [6.45, 7) is 4.84. The lowest BCUT2D eigenvalue weighted by Gasteiger charge is -2.26. The van der Waals surface area contributed by atoms with E-state index in [1.54, 1.807) is 0 Å². The van der Waals surface area contributed by atoms with Gasteiger partial charge in [-0.15, -0.1) is 0 Å². The van der Waals surface area contributed by atoms with Gasteiger partial charge in [-0.2, -0.15) is 0 Å². The molecular formula is C37H25N. The van der Waals surface area contributed by atoms with Crippen molar-refractivity contribution in [1.29, 1.82) is 0 Å². The van der Waals surface area contributed by atoms with Crippen LogP contribution in [0.1, 0.15) is 25.0 Å². The number of aromatic nitrogens is 1. The highest BCUT2D eigenvalue weighted by molar-refractivity contribution is 6.35. The van der Waals surface area contributed by atoms with E-state index in [2.05, 4.69) is 128 Å². The largest absolute Gasteiger partial charge is 0.355 e. The molecule has 0 spiro atoms. The second kappa shape index (κ2) is 6.82. The third-order valence-electron chi connectivity index (χ3n) is 9.11. The lowest BCUT2D eigenvalue weighted by Crippen LogP contribution is -2.16. The van der Waals surface area contributed by atoms with Crippen LogP contribution in [0.25, 0.3) is 76.0 Å². The van der Waals surface area contributed by atoms with E-state index in [0.29, 0.717) is 0 Å². The minimum Gasteiger partial charge on any atom is -0.355 e. The number of rotatable bonds is 0. The maximum Gasteiger partial charge on any atom is 0.0468 e. The maximum absolute atomic E-state index is 3.70. The van der Waals surface area contributed by atoms with Gasteiger partial charge in [-0.05, 0) is 83.5 Å². The Morgan fingerprint density at radius 1 is 0.474 bits per heavy atom. The minimum absolute atomic E-state index is 0.149. The minimum atomic E-state index is -0.149. The fraction of sp³-hybridized carbons (Fsp3) is 0.0811. The van der Waals surface area contributed by atoms with Crippen molar-refractivity contribution in [3.05, 3.63) is 120 Å². The van der Waals surface area contributed by atoms with E-state index < -0.39 is 0 Å². The summed E-state index contributed by atoms with van der Waals surface area (Å²) in [6, 6.07) is 40.6. The summed E-state index contributed by atoms with van der Waals surface area (Å²) in [4.78, 5) is 3.70. The highest BCUT2D eigenvalue weighted by atomic mass is 14.7. The fourth-order valence-corrected chi connectivity index (χ4v) is 7.52. The molecule has 1 N–H and O–H groups in total. The molecule has 9 rings (SSSR count). The molecule has 38 heavy (non-hydrogen) atoms. The summed E-state index contributed by atoms with van der Waals surface area (Å²) >= 11 is 0. The van der Waals surface area contributed by atoms with Gasteiger partial charge in [0.15, 0.2) is 0 Å². The lowest BCUT2D eigenvalue weighted by molar-refractivity contribution is 0.667. The molecule has 8 aromatic rings. The molecule has 0 fully saturated rings. The van der Waals surface area contributed by atoms with E-state index in [1.165, 1.54) is 87.1 Å². The Labute approximate surface area is 220 Å². The zero-order valence-electron chi connectivity index (χ0n) is 21.4. The molecule has 0 saturated carbocycles. The van der Waals surface area contributed by atoms with Crippen molar-refractivity contribution in [3.8, 4) is 11.1 Å². The van der Waals surface area contributed by atoms with E-state index in [1.807, 2.05) is 0 Å². The third kappa shape index (κ3) is 2.33. The van der Waals surface area contributed by atoms with Gasteiger partial charge in [-0.25, -0.2) is 0 Å². The van der Waals surface area contributed by atoms with Gasteiger partial charge in [-0.1, -0.05) is 105 Å². The number of aromatic amines is 1. The smallest absolute Gasteiger partial charge is 0.0468 e. The molecule has 1 heterocycles. The maximum atomic E-state index is 3.70. The average Bonchev–Trinajstić information content (AvgIpc) is 3.43. The first-order valence-corrected chi connectivity index (χ1v) is 13.5. The van der Waals surface area contributed by atoms with Crippen molar-refractivity contribution >= 4 is 64.9 Å². The molecule has 7 aromatic carbocycles. The van der Waals surface area contributed by atoms with E-state index in [4.69, 9.17) is 0 Å². The molecule has 1 heteroatoms. The number of hydrogen-bond acceptors (Lipinski definition) is 0. The van der Waals surface area contributed by atoms with Crippen LogP contribution in [-0.2, 0) is 5.41 Å². The van der Waals surface area contributed by atoms with Crippen molar-refractivity contribution in [2.45, 2.75) is 19.3 Å². The van der Waals surface area contributed by atoms with Crippen LogP contribution in [0.15, 0.2) is 109 Å². The summed E-state index contributed by atoms with van der Waals surface area (Å²) in [7, 11) is 0. The molecule has 0 bridgehead atoms. The molecule has 0 atom stereocenters. The second-order valence-corrected chi connectivity index (χ2v) is 11.4. The summed E-state index contributed by atoms with van der Waals surface area (Å²) in [5, 5.41) is 13.4. The quantitative estimate of drug-likeness (QED) is 0.207. The molecule has 178 valence electrons. The van der Waals surface area contributed by atoms with Gasteiger partial charge < -0.3 is 4.98 Å². The predicted octanol–water partition coefficient (Wildman–Crippen LogP) is 10.2. The fourth-order valence-electron chi connectivity index (χ4n) is 7.52. The lowest BCUT2D eigenvalue weighted by atomic mass is 9.77. The van der Waals surface area contributed by atoms with Gasteiger partial charge in [0.05, 0.1) is 0 Å². The Morgan fingerprint density at radius 2 is 1.00 bits per heavy atom. The molecule has 0 amide bonds. The first-order valence-electron chi connectivity index (χ1n) is 13.5. The van der Waals surface area contributed by atoms with Crippen molar-refractivity contribution in [2.24, 2.45) is 0 Å². The Hall–Kier alpha value is -4.62. The Morgan fingerprint density at radius 3 is 1.68 bits per heavy atom. The highest BCUT2D eigenvalue weighted by Gasteiger charge is 2.39. The average molecular weight is 484 g/mol. The predicted molar refractivity (Wildman–Crippen MR) is 163 cm³/mol. The van der Waals surface area contributed by atoms with Crippen LogP contribution in [0, 0.1) is 0 Å². The van der Waals surface area contributed by atoms with Crippen LogP contribution in [0.4, 0.5) is 0 Å². The van der Waals surface area contributed by atoms with Crippen LogP contribution in [0.5, 0.6) is 0 Å². The summed E-state index contributed by atoms with van der Waals surface area (Å²) < 4.78 is 0. The van der Waals surface area contributed by atoms with Gasteiger partial charge in [0.1, 0.15) is 0 Å². The molecule has 0 radical (unpaired) electrons. The third-order valence-corrected chi connectivity index (χ3v) is 9.11. The van der Waals surface area contributed by atoms with Crippen LogP contribution in [0.3, 0.4) is 0 Å². The van der Waals surface area contributed by atoms with Crippen LogP contribution in [-0.4, -0.2) is 4.98 Å². The van der Waals surface area contributed by atoms with Crippen LogP contribution >= 0.6 is 0 Å². The topological polar surface area (TPSA) is 15.8 Å². The van der Waals surface area contributed by atoms with Crippen molar-refractivity contribution in [3.63, 3.8) is 0 Å². The Balaban J connectivity index is 1.59. The Kier molecular flexibility index (Phi) is 3.67. The normalized spacial score (nSPS) is 14.3. The van der Waals surface area contributed by atoms with Gasteiger partial charge in [0, 0.05) is 27.2 Å². The summed E-state index contributed by atoms with van der Waals surface area (Å²) in [6.07, 6.45) is 0. The molecule has 1 aliphatic carbocycles. The zero-order chi connectivity index (χ0) is 25.2. The van der Waals surface area contributed by atoms with Gasteiger partial charge >= 0.3 is 0 Å². The van der Waals surface area contributed by atoms with E-state index in [9.17, 15) is 0 Å². The van der Waals surface area contributed by atoms with Gasteiger partial charge in [0.25, 0.3) is 0 Å². The standard InChI is InChI=1S/C37H25N/c1-37(2)30-20-32-28(23-13-9-10-18-31(23)38-32)19-29(30)34-27-17-8-7-16-26(27)33-24-14-5-3-11-21(24)22-12-4-6-15-25(22)35(33)36(34)37/h3-20,38H,1-2H3. The second-order valence-electron chi connectivity index (χ2n) is 11.4. The Bertz CT molecular complexity index is 2310. The SMILES string of the molecule is CC1(C)c2cc3[nH]c4ccccc4c3cc2-c2c1c1c3ccccc3c3ccccc3c1c1ccccc21. The molecule has 1 aliphatic rings. The van der Waals surface area contributed by atoms with Crippen molar-refractivity contribution in [2.75, 3.05) is 0 Å². The van der Waals surface area contributed by atoms with E-state index in [-0.39, 0.29) is 5.41 Å². The molecule has 1 nitrogen and oxygen atoms in total.